The summed E-state index contributed by atoms with van der Waals surface area (Å²) in [6.45, 7) is 2.42. The molecule has 0 aromatic heterocycles. The third-order valence-corrected chi connectivity index (χ3v) is 3.64. The molecule has 0 aliphatic carbocycles. The van der Waals surface area contributed by atoms with Crippen LogP contribution in [-0.2, 0) is 0 Å². The zero-order valence-corrected chi connectivity index (χ0v) is 12.6. The number of halogens is 4. The largest absolute Gasteiger partial charge is 0.390 e. The number of aliphatic hydroxyl groups excluding tert-OH is 1. The lowest BCUT2D eigenvalue weighted by Gasteiger charge is -2.38. The Kier molecular flexibility index (Phi) is 6.46. The Labute approximate surface area is 128 Å². The fraction of sp³-hybridized carbons (Fsp3) is 0.571. The molecule has 0 spiro atoms. The first kappa shape index (κ1) is 18.2. The maximum absolute atomic E-state index is 14.1. The number of hydrogen-bond acceptors (Lipinski definition) is 3. The second kappa shape index (κ2) is 7.45. The molecule has 1 aromatic rings. The lowest BCUT2D eigenvalue weighted by molar-refractivity contribution is -0.118. The van der Waals surface area contributed by atoms with Crippen LogP contribution in [-0.4, -0.2) is 48.7 Å². The molecule has 1 aliphatic rings. The van der Waals surface area contributed by atoms with Gasteiger partial charge < -0.3 is 10.4 Å². The molecule has 1 aromatic carbocycles. The van der Waals surface area contributed by atoms with Gasteiger partial charge in [-0.1, -0.05) is 12.1 Å². The number of rotatable bonds is 4. The van der Waals surface area contributed by atoms with Gasteiger partial charge in [-0.05, 0) is 24.1 Å². The minimum absolute atomic E-state index is 0. The average Bonchev–Trinajstić information content (AvgIpc) is 2.44. The maximum Gasteiger partial charge on any atom is 0.289 e. The first-order chi connectivity index (χ1) is 9.45. The summed E-state index contributed by atoms with van der Waals surface area (Å²) in [5.41, 5.74) is 0.620. The molecule has 1 fully saturated rings. The minimum atomic E-state index is -3.31. The molecule has 0 bridgehead atoms. The Morgan fingerprint density at radius 2 is 1.95 bits per heavy atom. The molecular formula is C14H20ClF3N2O. The standard InChI is InChI=1S/C14H19F3N2O.ClH/c1-10-2-3-11(8-12(10)15)13(14(16,17)9-20)19-6-4-18-5-7-19;/h2-3,8,13,18,20H,4-7,9H2,1H3;1H/t13-;/m0./s1. The summed E-state index contributed by atoms with van der Waals surface area (Å²) in [4.78, 5) is 1.59. The molecule has 0 amide bonds. The molecule has 1 saturated heterocycles. The van der Waals surface area contributed by atoms with Gasteiger partial charge in [0.25, 0.3) is 5.92 Å². The molecule has 21 heavy (non-hydrogen) atoms. The summed E-state index contributed by atoms with van der Waals surface area (Å²) in [5, 5.41) is 12.1. The van der Waals surface area contributed by atoms with E-state index in [2.05, 4.69) is 5.32 Å². The van der Waals surface area contributed by atoms with Gasteiger partial charge in [-0.2, -0.15) is 0 Å². The molecule has 0 saturated carbocycles. The third-order valence-electron chi connectivity index (χ3n) is 3.64. The molecule has 2 N–H and O–H groups in total. The van der Waals surface area contributed by atoms with Gasteiger partial charge in [-0.15, -0.1) is 12.4 Å². The van der Waals surface area contributed by atoms with Crippen molar-refractivity contribution < 1.29 is 18.3 Å². The van der Waals surface area contributed by atoms with Gasteiger partial charge in [-0.25, -0.2) is 13.2 Å². The zero-order valence-electron chi connectivity index (χ0n) is 11.8. The van der Waals surface area contributed by atoms with Gasteiger partial charge in [0.1, 0.15) is 18.5 Å². The summed E-state index contributed by atoms with van der Waals surface area (Å²) >= 11 is 0. The monoisotopic (exact) mass is 324 g/mol. The molecule has 120 valence electrons. The van der Waals surface area contributed by atoms with E-state index in [9.17, 15) is 13.2 Å². The molecular weight excluding hydrogens is 305 g/mol. The normalized spacial score (nSPS) is 18.1. The highest BCUT2D eigenvalue weighted by molar-refractivity contribution is 5.85. The van der Waals surface area contributed by atoms with Crippen molar-refractivity contribution in [2.75, 3.05) is 32.8 Å². The van der Waals surface area contributed by atoms with Crippen molar-refractivity contribution in [2.24, 2.45) is 0 Å². The van der Waals surface area contributed by atoms with Crippen molar-refractivity contribution in [1.29, 1.82) is 0 Å². The third kappa shape index (κ3) is 4.10. The SMILES string of the molecule is Cc1ccc([C@H](N2CCNCC2)C(F)(F)CO)cc1F.Cl. The van der Waals surface area contributed by atoms with Crippen molar-refractivity contribution in [2.45, 2.75) is 18.9 Å². The number of alkyl halides is 2. The fourth-order valence-corrected chi connectivity index (χ4v) is 2.53. The molecule has 3 nitrogen and oxygen atoms in total. The Bertz CT molecular complexity index is 468. The predicted molar refractivity (Wildman–Crippen MR) is 77.6 cm³/mol. The average molecular weight is 325 g/mol. The van der Waals surface area contributed by atoms with E-state index >= 15 is 0 Å². The molecule has 1 aliphatic heterocycles. The molecule has 7 heteroatoms. The van der Waals surface area contributed by atoms with Crippen LogP contribution in [0.15, 0.2) is 18.2 Å². The summed E-state index contributed by atoms with van der Waals surface area (Å²) < 4.78 is 41.8. The second-order valence-corrected chi connectivity index (χ2v) is 5.12. The number of hydrogen-bond donors (Lipinski definition) is 2. The number of piperazine rings is 1. The van der Waals surface area contributed by atoms with Crippen molar-refractivity contribution >= 4 is 12.4 Å². The van der Waals surface area contributed by atoms with E-state index in [1.807, 2.05) is 0 Å². The number of nitrogens with zero attached hydrogens (tertiary/aromatic N) is 1. The van der Waals surface area contributed by atoms with Crippen molar-refractivity contribution in [3.63, 3.8) is 0 Å². The van der Waals surface area contributed by atoms with Crippen LogP contribution in [0.25, 0.3) is 0 Å². The minimum Gasteiger partial charge on any atom is -0.390 e. The van der Waals surface area contributed by atoms with Gasteiger partial charge >= 0.3 is 0 Å². The first-order valence-corrected chi connectivity index (χ1v) is 6.65. The Morgan fingerprint density at radius 1 is 1.33 bits per heavy atom. The van der Waals surface area contributed by atoms with Gasteiger partial charge in [0, 0.05) is 26.2 Å². The smallest absolute Gasteiger partial charge is 0.289 e. The first-order valence-electron chi connectivity index (χ1n) is 6.65. The Hall–Kier alpha value is -0.820. The van der Waals surface area contributed by atoms with E-state index < -0.39 is 24.4 Å². The topological polar surface area (TPSA) is 35.5 Å². The molecule has 2 rings (SSSR count). The van der Waals surface area contributed by atoms with Crippen LogP contribution in [0, 0.1) is 12.7 Å². The number of aliphatic hydroxyl groups is 1. The molecule has 0 radical (unpaired) electrons. The van der Waals surface area contributed by atoms with E-state index in [1.54, 1.807) is 11.8 Å². The lowest BCUT2D eigenvalue weighted by Crippen LogP contribution is -2.51. The summed E-state index contributed by atoms with van der Waals surface area (Å²) in [6.07, 6.45) is 0. The summed E-state index contributed by atoms with van der Waals surface area (Å²) in [7, 11) is 0. The number of nitrogens with one attached hydrogen (secondary N) is 1. The summed E-state index contributed by atoms with van der Waals surface area (Å²) in [5.74, 6) is -3.81. The van der Waals surface area contributed by atoms with Gasteiger partial charge in [-0.3, -0.25) is 4.90 Å². The van der Waals surface area contributed by atoms with Crippen LogP contribution in [0.5, 0.6) is 0 Å². The highest BCUT2D eigenvalue weighted by atomic mass is 35.5. The molecule has 0 unspecified atom stereocenters. The summed E-state index contributed by atoms with van der Waals surface area (Å²) in [6, 6.07) is 2.85. The van der Waals surface area contributed by atoms with Crippen molar-refractivity contribution in [3.05, 3.63) is 35.1 Å². The molecule has 1 heterocycles. The van der Waals surface area contributed by atoms with E-state index in [0.717, 1.165) is 6.07 Å². The van der Waals surface area contributed by atoms with E-state index in [0.29, 0.717) is 31.7 Å². The van der Waals surface area contributed by atoms with E-state index in [4.69, 9.17) is 5.11 Å². The van der Waals surface area contributed by atoms with Crippen LogP contribution in [0.2, 0.25) is 0 Å². The van der Waals surface area contributed by atoms with Crippen molar-refractivity contribution in [1.82, 2.24) is 10.2 Å². The van der Waals surface area contributed by atoms with Crippen LogP contribution in [0.4, 0.5) is 13.2 Å². The van der Waals surface area contributed by atoms with Crippen molar-refractivity contribution in [3.8, 4) is 0 Å². The zero-order chi connectivity index (χ0) is 14.8. The fourth-order valence-electron chi connectivity index (χ4n) is 2.53. The van der Waals surface area contributed by atoms with Crippen LogP contribution in [0.3, 0.4) is 0 Å². The van der Waals surface area contributed by atoms with Crippen LogP contribution in [0.1, 0.15) is 17.2 Å². The highest BCUT2D eigenvalue weighted by Crippen LogP contribution is 2.36. The highest BCUT2D eigenvalue weighted by Gasteiger charge is 2.44. The Morgan fingerprint density at radius 3 is 2.48 bits per heavy atom. The predicted octanol–water partition coefficient (Wildman–Crippen LogP) is 2.13. The maximum atomic E-state index is 14.1. The number of benzene rings is 1. The van der Waals surface area contributed by atoms with Gasteiger partial charge in [0.15, 0.2) is 0 Å². The lowest BCUT2D eigenvalue weighted by atomic mass is 9.97. The Balaban J connectivity index is 0.00000220. The van der Waals surface area contributed by atoms with Gasteiger partial charge in [0.05, 0.1) is 0 Å². The molecule has 1 atom stereocenters. The number of aryl methyl sites for hydroxylation is 1. The van der Waals surface area contributed by atoms with Crippen LogP contribution >= 0.6 is 12.4 Å². The second-order valence-electron chi connectivity index (χ2n) is 5.12. The van der Waals surface area contributed by atoms with Crippen LogP contribution < -0.4 is 5.32 Å². The van der Waals surface area contributed by atoms with Gasteiger partial charge in [0.2, 0.25) is 0 Å². The van der Waals surface area contributed by atoms with E-state index in [-0.39, 0.29) is 18.0 Å². The quantitative estimate of drug-likeness (QED) is 0.890. The van der Waals surface area contributed by atoms with E-state index in [1.165, 1.54) is 12.1 Å².